The highest BCUT2D eigenvalue weighted by Gasteiger charge is 2.25. The minimum absolute atomic E-state index is 0.0601. The molecule has 8 heteroatoms. The predicted molar refractivity (Wildman–Crippen MR) is 127 cm³/mol. The smallest absolute Gasteiger partial charge is 0.258 e. The summed E-state index contributed by atoms with van der Waals surface area (Å²) in [6.45, 7) is 2.15. The van der Waals surface area contributed by atoms with Crippen molar-refractivity contribution in [2.24, 2.45) is 0 Å². The second-order valence-corrected chi connectivity index (χ2v) is 10.6. The lowest BCUT2D eigenvalue weighted by Crippen LogP contribution is -2.25. The van der Waals surface area contributed by atoms with Crippen molar-refractivity contribution in [1.29, 1.82) is 0 Å². The Bertz CT molecular complexity index is 1240. The van der Waals surface area contributed by atoms with Crippen LogP contribution in [-0.2, 0) is 16.3 Å². The Hall–Kier alpha value is -3.00. The first-order valence-corrected chi connectivity index (χ1v) is 13.2. The van der Waals surface area contributed by atoms with E-state index in [1.54, 1.807) is 24.4 Å². The monoisotopic (exact) mass is 467 g/mol. The Balaban J connectivity index is 1.36. The molecule has 7 nitrogen and oxygen atoms in total. The molecule has 1 aliphatic carbocycles. The lowest BCUT2D eigenvalue weighted by molar-refractivity contribution is 0.144. The number of hydrogen-bond donors (Lipinski definition) is 0. The molecule has 2 aromatic heterocycles. The molecule has 1 aromatic carbocycles. The Morgan fingerprint density at radius 1 is 1.03 bits per heavy atom. The fraction of sp³-hybridized carbons (Fsp3) is 0.400. The van der Waals surface area contributed by atoms with E-state index < -0.39 is 9.84 Å². The van der Waals surface area contributed by atoms with Crippen molar-refractivity contribution in [2.75, 3.05) is 6.26 Å². The van der Waals surface area contributed by atoms with Gasteiger partial charge in [0.05, 0.1) is 11.0 Å². The van der Waals surface area contributed by atoms with E-state index in [-0.39, 0.29) is 16.6 Å². The van der Waals surface area contributed by atoms with Crippen LogP contribution in [0.5, 0.6) is 5.75 Å². The summed E-state index contributed by atoms with van der Waals surface area (Å²) < 4.78 is 30.8. The van der Waals surface area contributed by atoms with Gasteiger partial charge in [0.15, 0.2) is 9.84 Å². The SMILES string of the molecule is CCCc1cnc(C2CCC(Oc3ccn(-c4ccc(S(C)(=O)=O)cc4)c(=O)c3)CC2)nc1. The van der Waals surface area contributed by atoms with Gasteiger partial charge in [0.2, 0.25) is 0 Å². The van der Waals surface area contributed by atoms with Gasteiger partial charge in [-0.15, -0.1) is 0 Å². The maximum Gasteiger partial charge on any atom is 0.258 e. The van der Waals surface area contributed by atoms with E-state index in [2.05, 4.69) is 16.9 Å². The molecular weight excluding hydrogens is 438 g/mol. The van der Waals surface area contributed by atoms with Crippen molar-refractivity contribution >= 4 is 9.84 Å². The summed E-state index contributed by atoms with van der Waals surface area (Å²) in [5, 5.41) is 0. The number of pyridine rings is 1. The molecule has 2 heterocycles. The van der Waals surface area contributed by atoms with E-state index in [1.165, 1.54) is 28.3 Å². The third-order valence-corrected chi connectivity index (χ3v) is 7.17. The lowest BCUT2D eigenvalue weighted by atomic mass is 9.86. The molecule has 0 unspecified atom stereocenters. The van der Waals surface area contributed by atoms with E-state index in [0.717, 1.165) is 50.6 Å². The summed E-state index contributed by atoms with van der Waals surface area (Å²) in [7, 11) is -3.28. The van der Waals surface area contributed by atoms with Gasteiger partial charge in [0.25, 0.3) is 5.56 Å². The first-order valence-electron chi connectivity index (χ1n) is 11.3. The molecule has 4 rings (SSSR count). The van der Waals surface area contributed by atoms with Crippen LogP contribution in [-0.4, -0.2) is 35.3 Å². The van der Waals surface area contributed by atoms with Crippen LogP contribution >= 0.6 is 0 Å². The van der Waals surface area contributed by atoms with Gasteiger partial charge in [-0.2, -0.15) is 0 Å². The van der Waals surface area contributed by atoms with Gasteiger partial charge in [-0.25, -0.2) is 18.4 Å². The van der Waals surface area contributed by atoms with Crippen LogP contribution in [0.3, 0.4) is 0 Å². The van der Waals surface area contributed by atoms with E-state index >= 15 is 0 Å². The number of aromatic nitrogens is 3. The van der Waals surface area contributed by atoms with Gasteiger partial charge in [-0.05, 0) is 68.0 Å². The molecule has 174 valence electrons. The van der Waals surface area contributed by atoms with Crippen molar-refractivity contribution in [3.8, 4) is 11.4 Å². The highest BCUT2D eigenvalue weighted by molar-refractivity contribution is 7.90. The summed E-state index contributed by atoms with van der Waals surface area (Å²) in [5.41, 5.74) is 1.55. The van der Waals surface area contributed by atoms with E-state index in [0.29, 0.717) is 17.4 Å². The van der Waals surface area contributed by atoms with Gasteiger partial charge < -0.3 is 4.74 Å². The molecule has 0 N–H and O–H groups in total. The van der Waals surface area contributed by atoms with Crippen LogP contribution < -0.4 is 10.3 Å². The number of sulfone groups is 1. The van der Waals surface area contributed by atoms with Gasteiger partial charge >= 0.3 is 0 Å². The second-order valence-electron chi connectivity index (χ2n) is 8.63. The fourth-order valence-corrected chi connectivity index (χ4v) is 4.86. The van der Waals surface area contributed by atoms with E-state index in [9.17, 15) is 13.2 Å². The van der Waals surface area contributed by atoms with Crippen molar-refractivity contribution in [3.63, 3.8) is 0 Å². The van der Waals surface area contributed by atoms with Crippen molar-refractivity contribution in [2.45, 2.75) is 62.4 Å². The Kier molecular flexibility index (Phi) is 6.93. The van der Waals surface area contributed by atoms with Crippen LogP contribution in [0.2, 0.25) is 0 Å². The highest BCUT2D eigenvalue weighted by Crippen LogP contribution is 2.32. The average Bonchev–Trinajstić information content (AvgIpc) is 2.80. The van der Waals surface area contributed by atoms with Gasteiger partial charge in [-0.1, -0.05) is 13.3 Å². The molecule has 3 aromatic rings. The number of rotatable bonds is 7. The van der Waals surface area contributed by atoms with Gasteiger partial charge in [0, 0.05) is 42.5 Å². The molecule has 0 amide bonds. The zero-order valence-electron chi connectivity index (χ0n) is 19.0. The fourth-order valence-electron chi connectivity index (χ4n) is 4.23. The Labute approximate surface area is 194 Å². The van der Waals surface area contributed by atoms with Crippen molar-refractivity contribution in [1.82, 2.24) is 14.5 Å². The third-order valence-electron chi connectivity index (χ3n) is 6.04. The molecule has 0 bridgehead atoms. The van der Waals surface area contributed by atoms with Gasteiger partial charge in [-0.3, -0.25) is 9.36 Å². The first-order chi connectivity index (χ1) is 15.8. The van der Waals surface area contributed by atoms with Gasteiger partial charge in [0.1, 0.15) is 11.6 Å². The number of ether oxygens (including phenoxy) is 1. The molecule has 0 saturated heterocycles. The predicted octanol–water partition coefficient (Wildman–Crippen LogP) is 4.09. The number of hydrogen-bond acceptors (Lipinski definition) is 6. The maximum atomic E-state index is 12.6. The van der Waals surface area contributed by atoms with E-state index in [1.807, 2.05) is 12.4 Å². The standard InChI is InChI=1S/C25H29N3O4S/c1-3-4-18-16-26-25(27-17-18)19-5-9-21(10-6-19)32-22-13-14-28(24(29)15-22)20-7-11-23(12-8-20)33(2,30)31/h7-8,11-17,19,21H,3-6,9-10H2,1-2H3. The second kappa shape index (κ2) is 9.87. The maximum absolute atomic E-state index is 12.6. The number of benzene rings is 1. The molecule has 1 fully saturated rings. The third kappa shape index (κ3) is 5.68. The molecule has 0 radical (unpaired) electrons. The Morgan fingerprint density at radius 3 is 2.27 bits per heavy atom. The normalized spacial score (nSPS) is 18.7. The van der Waals surface area contributed by atoms with Crippen LogP contribution in [0.25, 0.3) is 5.69 Å². The first kappa shape index (κ1) is 23.2. The zero-order chi connectivity index (χ0) is 23.4. The zero-order valence-corrected chi connectivity index (χ0v) is 19.8. The summed E-state index contributed by atoms with van der Waals surface area (Å²) in [4.78, 5) is 22.0. The number of nitrogens with zero attached hydrogens (tertiary/aromatic N) is 3. The Morgan fingerprint density at radius 2 is 1.70 bits per heavy atom. The summed E-state index contributed by atoms with van der Waals surface area (Å²) >= 11 is 0. The van der Waals surface area contributed by atoms with Crippen molar-refractivity contribution in [3.05, 3.63) is 76.7 Å². The largest absolute Gasteiger partial charge is 0.490 e. The van der Waals surface area contributed by atoms with Crippen LogP contribution in [0.4, 0.5) is 0 Å². The average molecular weight is 468 g/mol. The van der Waals surface area contributed by atoms with Crippen LogP contribution in [0.1, 0.15) is 56.3 Å². The molecule has 1 aliphatic rings. The lowest BCUT2D eigenvalue weighted by Gasteiger charge is -2.28. The summed E-state index contributed by atoms with van der Waals surface area (Å²) in [6.07, 6.45) is 12.6. The van der Waals surface area contributed by atoms with Crippen LogP contribution in [0, 0.1) is 0 Å². The molecular formula is C25H29N3O4S. The summed E-state index contributed by atoms with van der Waals surface area (Å²) in [5.74, 6) is 1.81. The minimum atomic E-state index is -3.28. The topological polar surface area (TPSA) is 91.2 Å². The summed E-state index contributed by atoms with van der Waals surface area (Å²) in [6, 6.07) is 9.49. The molecule has 0 atom stereocenters. The molecule has 1 saturated carbocycles. The molecule has 0 spiro atoms. The quantitative estimate of drug-likeness (QED) is 0.520. The van der Waals surface area contributed by atoms with Crippen LogP contribution in [0.15, 0.2) is 64.7 Å². The highest BCUT2D eigenvalue weighted by atomic mass is 32.2. The molecule has 0 aliphatic heterocycles. The number of aryl methyl sites for hydroxylation is 1. The molecule has 33 heavy (non-hydrogen) atoms. The minimum Gasteiger partial charge on any atom is -0.490 e. The van der Waals surface area contributed by atoms with E-state index in [4.69, 9.17) is 4.74 Å². The van der Waals surface area contributed by atoms with Crippen molar-refractivity contribution < 1.29 is 13.2 Å².